The summed E-state index contributed by atoms with van der Waals surface area (Å²) in [6.07, 6.45) is 8.21. The summed E-state index contributed by atoms with van der Waals surface area (Å²) in [5.41, 5.74) is -2.18. The van der Waals surface area contributed by atoms with E-state index >= 15 is 0 Å². The summed E-state index contributed by atoms with van der Waals surface area (Å²) < 4.78 is 0. The smallest absolute Gasteiger partial charge is 0.224 e. The quantitative estimate of drug-likeness (QED) is 0.384. The van der Waals surface area contributed by atoms with Crippen molar-refractivity contribution in [1.82, 2.24) is 19.9 Å². The van der Waals surface area contributed by atoms with Gasteiger partial charge in [0.1, 0.15) is 11.3 Å². The van der Waals surface area contributed by atoms with Gasteiger partial charge in [-0.2, -0.15) is 10.1 Å². The predicted molar refractivity (Wildman–Crippen MR) is 142 cm³/mol. The average Bonchev–Trinajstić information content (AvgIpc) is 2.71. The molecule has 0 bridgehead atoms. The SMILES string of the molecule is CC1CC(C)(C)N(O)C(C)(C)N1C(=O)CCCCCCCCC(=O)N1C(C)CC(C)(C)N(O)C1(C)C. The van der Waals surface area contributed by atoms with Crippen molar-refractivity contribution in [2.75, 3.05) is 0 Å². The Labute approximate surface area is 219 Å². The van der Waals surface area contributed by atoms with E-state index in [1.807, 2.05) is 65.2 Å². The number of carbonyl (C=O) groups excluding carboxylic acids is 2. The number of hydroxylamine groups is 4. The lowest BCUT2D eigenvalue weighted by atomic mass is 9.86. The molecule has 210 valence electrons. The highest BCUT2D eigenvalue weighted by Gasteiger charge is 2.51. The number of carbonyl (C=O) groups is 2. The topological polar surface area (TPSA) is 87.6 Å². The molecule has 8 heteroatoms. The molecule has 2 saturated heterocycles. The molecule has 2 fully saturated rings. The van der Waals surface area contributed by atoms with E-state index in [1.54, 1.807) is 0 Å². The first-order valence-electron chi connectivity index (χ1n) is 14.0. The molecule has 2 aliphatic rings. The van der Waals surface area contributed by atoms with Crippen LogP contribution in [0.3, 0.4) is 0 Å². The molecule has 0 aromatic carbocycles. The average molecular weight is 511 g/mol. The van der Waals surface area contributed by atoms with Gasteiger partial charge in [0.2, 0.25) is 11.8 Å². The minimum absolute atomic E-state index is 0.0834. The van der Waals surface area contributed by atoms with E-state index in [-0.39, 0.29) is 35.0 Å². The van der Waals surface area contributed by atoms with Gasteiger partial charge in [-0.25, -0.2) is 0 Å². The Balaban J connectivity index is 1.70. The number of hydrogen-bond acceptors (Lipinski definition) is 6. The first-order valence-corrected chi connectivity index (χ1v) is 14.0. The van der Waals surface area contributed by atoms with Gasteiger partial charge < -0.3 is 20.2 Å². The second-order valence-electron chi connectivity index (χ2n) is 13.5. The lowest BCUT2D eigenvalue weighted by Crippen LogP contribution is -2.70. The molecule has 0 radical (unpaired) electrons. The largest absolute Gasteiger partial charge is 0.320 e. The highest BCUT2D eigenvalue weighted by Crippen LogP contribution is 2.39. The monoisotopic (exact) mass is 510 g/mol. The second-order valence-corrected chi connectivity index (χ2v) is 13.5. The molecular formula is C28H54N4O4. The van der Waals surface area contributed by atoms with Crippen LogP contribution in [0.2, 0.25) is 0 Å². The molecule has 0 spiro atoms. The number of amides is 2. The van der Waals surface area contributed by atoms with E-state index in [1.165, 1.54) is 10.1 Å². The molecule has 2 rings (SSSR count). The Bertz CT molecular complexity index is 716. The first-order chi connectivity index (χ1) is 16.4. The molecule has 0 aromatic heterocycles. The van der Waals surface area contributed by atoms with Gasteiger partial charge in [0.25, 0.3) is 0 Å². The van der Waals surface area contributed by atoms with Crippen LogP contribution in [0.4, 0.5) is 0 Å². The van der Waals surface area contributed by atoms with Gasteiger partial charge in [-0.1, -0.05) is 25.7 Å². The fourth-order valence-electron chi connectivity index (χ4n) is 7.17. The summed E-state index contributed by atoms with van der Waals surface area (Å²) in [6, 6.07) is 0.167. The Hall–Kier alpha value is -1.22. The van der Waals surface area contributed by atoms with Crippen LogP contribution in [0.15, 0.2) is 0 Å². The normalized spacial score (nSPS) is 27.8. The van der Waals surface area contributed by atoms with Crippen LogP contribution < -0.4 is 0 Å². The molecule has 2 amide bonds. The van der Waals surface area contributed by atoms with Crippen LogP contribution in [0.1, 0.15) is 133 Å². The lowest BCUT2D eigenvalue weighted by molar-refractivity contribution is -0.294. The van der Waals surface area contributed by atoms with Gasteiger partial charge in [-0.05, 0) is 94.9 Å². The Morgan fingerprint density at radius 3 is 1.19 bits per heavy atom. The number of nitrogens with zero attached hydrogens (tertiary/aromatic N) is 4. The van der Waals surface area contributed by atoms with Gasteiger partial charge in [-0.15, -0.1) is 0 Å². The summed E-state index contributed by atoms with van der Waals surface area (Å²) in [5, 5.41) is 24.1. The maximum Gasteiger partial charge on any atom is 0.224 e. The van der Waals surface area contributed by atoms with Crippen molar-refractivity contribution in [3.8, 4) is 0 Å². The van der Waals surface area contributed by atoms with Crippen molar-refractivity contribution in [3.05, 3.63) is 0 Å². The molecule has 0 aromatic rings. The van der Waals surface area contributed by atoms with Gasteiger partial charge in [0.15, 0.2) is 0 Å². The van der Waals surface area contributed by atoms with E-state index in [0.717, 1.165) is 51.4 Å². The maximum atomic E-state index is 13.0. The van der Waals surface area contributed by atoms with Gasteiger partial charge in [0, 0.05) is 36.0 Å². The molecular weight excluding hydrogens is 456 g/mol. The van der Waals surface area contributed by atoms with Gasteiger partial charge in [-0.3, -0.25) is 9.59 Å². The maximum absolute atomic E-state index is 13.0. The summed E-state index contributed by atoms with van der Waals surface area (Å²) in [5.74, 6) is 0.207. The number of rotatable bonds is 9. The molecule has 0 aliphatic carbocycles. The standard InChI is InChI=1S/C28H54N4O4/c1-21-19-25(3,4)31(35)27(7,8)29(21)23(33)17-15-13-11-12-14-16-18-24(34)30-22(2)20-26(5,6)32(36)28(30,9)10/h21-22,35-36H,11-20H2,1-10H3. The van der Waals surface area contributed by atoms with Gasteiger partial charge in [0.05, 0.1) is 0 Å². The van der Waals surface area contributed by atoms with Crippen LogP contribution in [0, 0.1) is 0 Å². The van der Waals surface area contributed by atoms with Crippen molar-refractivity contribution in [1.29, 1.82) is 0 Å². The molecule has 8 nitrogen and oxygen atoms in total. The van der Waals surface area contributed by atoms with E-state index < -0.39 is 11.3 Å². The molecule has 2 atom stereocenters. The Kier molecular flexibility index (Phi) is 9.70. The summed E-state index contributed by atoms with van der Waals surface area (Å²) in [6.45, 7) is 19.8. The molecule has 2 aliphatic heterocycles. The molecule has 2 heterocycles. The molecule has 2 N–H and O–H groups in total. The summed E-state index contributed by atoms with van der Waals surface area (Å²) in [7, 11) is 0. The lowest BCUT2D eigenvalue weighted by Gasteiger charge is -2.57. The van der Waals surface area contributed by atoms with Crippen LogP contribution in [0.5, 0.6) is 0 Å². The Morgan fingerprint density at radius 2 is 0.889 bits per heavy atom. The molecule has 0 saturated carbocycles. The third-order valence-corrected chi connectivity index (χ3v) is 8.40. The summed E-state index contributed by atoms with van der Waals surface area (Å²) in [4.78, 5) is 29.7. The zero-order chi connectivity index (χ0) is 27.7. The minimum Gasteiger partial charge on any atom is -0.320 e. The highest BCUT2D eigenvalue weighted by molar-refractivity contribution is 5.78. The minimum atomic E-state index is -0.728. The van der Waals surface area contributed by atoms with Crippen molar-refractivity contribution in [3.63, 3.8) is 0 Å². The third kappa shape index (κ3) is 6.43. The highest BCUT2D eigenvalue weighted by atomic mass is 16.5. The van der Waals surface area contributed by atoms with Crippen LogP contribution in [-0.4, -0.2) is 76.6 Å². The second kappa shape index (κ2) is 11.3. The van der Waals surface area contributed by atoms with E-state index in [9.17, 15) is 20.0 Å². The molecule has 2 unspecified atom stereocenters. The zero-order valence-corrected chi connectivity index (χ0v) is 24.7. The van der Waals surface area contributed by atoms with E-state index in [0.29, 0.717) is 12.8 Å². The molecule has 36 heavy (non-hydrogen) atoms. The van der Waals surface area contributed by atoms with Crippen molar-refractivity contribution < 1.29 is 20.0 Å². The fraction of sp³-hybridized carbons (Fsp3) is 0.929. The van der Waals surface area contributed by atoms with Crippen LogP contribution >= 0.6 is 0 Å². The van der Waals surface area contributed by atoms with Crippen molar-refractivity contribution >= 4 is 11.8 Å². The predicted octanol–water partition coefficient (Wildman–Crippen LogP) is 5.76. The Morgan fingerprint density at radius 1 is 0.611 bits per heavy atom. The first kappa shape index (κ1) is 31.0. The van der Waals surface area contributed by atoms with Crippen molar-refractivity contribution in [2.45, 2.75) is 168 Å². The van der Waals surface area contributed by atoms with Crippen LogP contribution in [0.25, 0.3) is 0 Å². The van der Waals surface area contributed by atoms with Crippen molar-refractivity contribution in [2.24, 2.45) is 0 Å². The fourth-order valence-corrected chi connectivity index (χ4v) is 7.17. The van der Waals surface area contributed by atoms with Gasteiger partial charge >= 0.3 is 0 Å². The third-order valence-electron chi connectivity index (χ3n) is 8.40. The zero-order valence-electron chi connectivity index (χ0n) is 24.7. The van der Waals surface area contributed by atoms with E-state index in [2.05, 4.69) is 13.8 Å². The van der Waals surface area contributed by atoms with Crippen LogP contribution in [-0.2, 0) is 9.59 Å². The number of unbranched alkanes of at least 4 members (excludes halogenated alkanes) is 5. The summed E-state index contributed by atoms with van der Waals surface area (Å²) >= 11 is 0. The number of hydrogen-bond donors (Lipinski definition) is 2. The van der Waals surface area contributed by atoms with E-state index in [4.69, 9.17) is 0 Å².